The first-order valence-electron chi connectivity index (χ1n) is 8.33. The lowest BCUT2D eigenvalue weighted by Crippen LogP contribution is -2.72. The van der Waals surface area contributed by atoms with Gasteiger partial charge in [0.2, 0.25) is 5.91 Å². The minimum Gasteiger partial charge on any atom is -0.475 e. The molecule has 0 aromatic heterocycles. The highest BCUT2D eigenvalue weighted by molar-refractivity contribution is 5.77. The highest BCUT2D eigenvalue weighted by Gasteiger charge is 2.50. The summed E-state index contributed by atoms with van der Waals surface area (Å²) < 4.78 is 37.0. The van der Waals surface area contributed by atoms with Crippen molar-refractivity contribution in [1.82, 2.24) is 9.80 Å². The molecule has 2 rings (SSSR count). The molecule has 1 unspecified atom stereocenters. The normalized spacial score (nSPS) is 22.8. The summed E-state index contributed by atoms with van der Waals surface area (Å²) in [5.41, 5.74) is 0.241. The molecule has 2 heterocycles. The van der Waals surface area contributed by atoms with Gasteiger partial charge >= 0.3 is 12.1 Å². The fourth-order valence-electron chi connectivity index (χ4n) is 3.37. The van der Waals surface area contributed by atoms with E-state index in [1.165, 1.54) is 12.8 Å². The molecule has 6 nitrogen and oxygen atoms in total. The van der Waals surface area contributed by atoms with Crippen molar-refractivity contribution in [2.75, 3.05) is 40.4 Å². The molecule has 1 atom stereocenters. The van der Waals surface area contributed by atoms with E-state index in [1.54, 1.807) is 7.11 Å². The van der Waals surface area contributed by atoms with E-state index in [0.29, 0.717) is 18.2 Å². The number of likely N-dealkylation sites (N-methyl/N-ethyl adjacent to an activating group) is 1. The third kappa shape index (κ3) is 5.85. The zero-order valence-corrected chi connectivity index (χ0v) is 14.9. The largest absolute Gasteiger partial charge is 0.490 e. The smallest absolute Gasteiger partial charge is 0.475 e. The highest BCUT2D eigenvalue weighted by atomic mass is 19.4. The number of carboxylic acids is 1. The number of methoxy groups -OCH3 is 1. The lowest BCUT2D eigenvalue weighted by Gasteiger charge is -2.58. The molecule has 0 aliphatic carbocycles. The van der Waals surface area contributed by atoms with Gasteiger partial charge in [-0.05, 0) is 38.8 Å². The lowest BCUT2D eigenvalue weighted by atomic mass is 9.75. The fraction of sp³-hybridized carbons (Fsp3) is 0.875. The Morgan fingerprint density at radius 2 is 1.88 bits per heavy atom. The monoisotopic (exact) mass is 368 g/mol. The second-order valence-electron chi connectivity index (χ2n) is 6.76. The summed E-state index contributed by atoms with van der Waals surface area (Å²) in [6.07, 6.45) is -1.05. The number of amides is 1. The number of carbonyl (C=O) groups excluding carboxylic acids is 1. The predicted octanol–water partition coefficient (Wildman–Crippen LogP) is 1.99. The van der Waals surface area contributed by atoms with Crippen LogP contribution in [-0.4, -0.2) is 78.9 Å². The number of alkyl halides is 3. The van der Waals surface area contributed by atoms with Crippen molar-refractivity contribution in [2.45, 2.75) is 44.3 Å². The summed E-state index contributed by atoms with van der Waals surface area (Å²) in [5.74, 6) is -1.77. The van der Waals surface area contributed by atoms with Gasteiger partial charge in [0.05, 0.1) is 5.54 Å². The Kier molecular flexibility index (Phi) is 7.67. The first kappa shape index (κ1) is 21.7. The molecule has 9 heteroatoms. The quantitative estimate of drug-likeness (QED) is 0.822. The van der Waals surface area contributed by atoms with Crippen LogP contribution >= 0.6 is 0 Å². The van der Waals surface area contributed by atoms with E-state index in [0.717, 1.165) is 32.7 Å². The molecule has 2 aliphatic rings. The number of rotatable bonds is 4. The minimum absolute atomic E-state index is 0.241. The molecular weight excluding hydrogens is 341 g/mol. The number of ether oxygens (including phenoxy) is 1. The Morgan fingerprint density at radius 1 is 1.32 bits per heavy atom. The van der Waals surface area contributed by atoms with Gasteiger partial charge in [0.1, 0.15) is 0 Å². The van der Waals surface area contributed by atoms with E-state index < -0.39 is 12.1 Å². The standard InChI is InChI=1S/C14H26N2O2.C2HF3O2/c1-4-5-13(17)16-10-14(11-16)8-12(9-18-3)6-7-15(14)2;3-2(4,5)1(6)7/h12H,4-11H2,1-3H3;(H,6,7). The van der Waals surface area contributed by atoms with Crippen LogP contribution in [0.3, 0.4) is 0 Å². The van der Waals surface area contributed by atoms with Crippen molar-refractivity contribution in [3.63, 3.8) is 0 Å². The van der Waals surface area contributed by atoms with Crippen LogP contribution in [0.25, 0.3) is 0 Å². The van der Waals surface area contributed by atoms with Crippen LogP contribution in [0.5, 0.6) is 0 Å². The summed E-state index contributed by atoms with van der Waals surface area (Å²) >= 11 is 0. The average molecular weight is 368 g/mol. The van der Waals surface area contributed by atoms with E-state index in [2.05, 4.69) is 18.9 Å². The van der Waals surface area contributed by atoms with E-state index in [9.17, 15) is 18.0 Å². The molecule has 2 aliphatic heterocycles. The van der Waals surface area contributed by atoms with Crippen LogP contribution < -0.4 is 0 Å². The summed E-state index contributed by atoms with van der Waals surface area (Å²) in [4.78, 5) is 25.2. The van der Waals surface area contributed by atoms with Crippen LogP contribution in [0.4, 0.5) is 13.2 Å². The van der Waals surface area contributed by atoms with Gasteiger partial charge in [0.25, 0.3) is 0 Å². The maximum atomic E-state index is 11.8. The number of halogens is 3. The molecule has 2 fully saturated rings. The van der Waals surface area contributed by atoms with Gasteiger partial charge in [-0.15, -0.1) is 0 Å². The highest BCUT2D eigenvalue weighted by Crippen LogP contribution is 2.38. The van der Waals surface area contributed by atoms with Gasteiger partial charge in [-0.1, -0.05) is 6.92 Å². The Bertz CT molecular complexity index is 465. The van der Waals surface area contributed by atoms with Crippen LogP contribution in [0.15, 0.2) is 0 Å². The average Bonchev–Trinajstić information content (AvgIpc) is 2.47. The third-order valence-corrected chi connectivity index (χ3v) is 4.78. The number of carboxylic acid groups (broad SMARTS) is 1. The molecule has 1 spiro atoms. The summed E-state index contributed by atoms with van der Waals surface area (Å²) in [6.45, 7) is 5.89. The van der Waals surface area contributed by atoms with Crippen molar-refractivity contribution < 1.29 is 32.6 Å². The molecular formula is C16H27F3N2O4. The van der Waals surface area contributed by atoms with Crippen LogP contribution in [-0.2, 0) is 14.3 Å². The van der Waals surface area contributed by atoms with Crippen molar-refractivity contribution in [1.29, 1.82) is 0 Å². The minimum atomic E-state index is -5.08. The van der Waals surface area contributed by atoms with Crippen LogP contribution in [0, 0.1) is 5.92 Å². The molecule has 0 bridgehead atoms. The first-order chi connectivity index (χ1) is 11.6. The molecule has 0 radical (unpaired) electrons. The number of piperidine rings is 1. The van der Waals surface area contributed by atoms with Crippen molar-refractivity contribution in [2.24, 2.45) is 5.92 Å². The van der Waals surface area contributed by atoms with Gasteiger partial charge in [-0.2, -0.15) is 13.2 Å². The Balaban J connectivity index is 0.000000381. The molecule has 0 aromatic carbocycles. The number of nitrogens with zero attached hydrogens (tertiary/aromatic N) is 2. The predicted molar refractivity (Wildman–Crippen MR) is 85.1 cm³/mol. The topological polar surface area (TPSA) is 70.1 Å². The lowest BCUT2D eigenvalue weighted by molar-refractivity contribution is -0.192. The second kappa shape index (κ2) is 8.84. The third-order valence-electron chi connectivity index (χ3n) is 4.78. The molecule has 1 N–H and O–H groups in total. The van der Waals surface area contributed by atoms with E-state index in [-0.39, 0.29) is 5.54 Å². The molecule has 1 amide bonds. The Labute approximate surface area is 145 Å². The maximum Gasteiger partial charge on any atom is 0.490 e. The number of carbonyl (C=O) groups is 2. The molecule has 25 heavy (non-hydrogen) atoms. The van der Waals surface area contributed by atoms with Gasteiger partial charge in [-0.25, -0.2) is 4.79 Å². The van der Waals surface area contributed by atoms with Gasteiger partial charge in [-0.3, -0.25) is 9.69 Å². The molecule has 0 aromatic rings. The van der Waals surface area contributed by atoms with Crippen molar-refractivity contribution >= 4 is 11.9 Å². The second-order valence-corrected chi connectivity index (χ2v) is 6.76. The SMILES string of the molecule is CCCC(=O)N1CC2(CC(COC)CCN2C)C1.O=C(O)C(F)(F)F. The zero-order chi connectivity index (χ0) is 19.3. The van der Waals surface area contributed by atoms with Gasteiger partial charge in [0.15, 0.2) is 0 Å². The summed E-state index contributed by atoms with van der Waals surface area (Å²) in [7, 11) is 3.98. The number of likely N-dealkylation sites (tertiary alicyclic amines) is 2. The van der Waals surface area contributed by atoms with Crippen molar-refractivity contribution in [3.8, 4) is 0 Å². The number of hydrogen-bond acceptors (Lipinski definition) is 4. The molecule has 146 valence electrons. The van der Waals surface area contributed by atoms with E-state index >= 15 is 0 Å². The fourth-order valence-corrected chi connectivity index (χ4v) is 3.37. The van der Waals surface area contributed by atoms with E-state index in [1.807, 2.05) is 4.90 Å². The maximum absolute atomic E-state index is 11.8. The van der Waals surface area contributed by atoms with E-state index in [4.69, 9.17) is 14.6 Å². The molecule has 0 saturated carbocycles. The van der Waals surface area contributed by atoms with Crippen LogP contribution in [0.2, 0.25) is 0 Å². The number of aliphatic carboxylic acids is 1. The summed E-state index contributed by atoms with van der Waals surface area (Å²) in [6, 6.07) is 0. The van der Waals surface area contributed by atoms with Gasteiger partial charge in [0, 0.05) is 33.2 Å². The Morgan fingerprint density at radius 3 is 2.32 bits per heavy atom. The first-order valence-corrected chi connectivity index (χ1v) is 8.33. The zero-order valence-electron chi connectivity index (χ0n) is 14.9. The van der Waals surface area contributed by atoms with Crippen LogP contribution in [0.1, 0.15) is 32.6 Å². The summed E-state index contributed by atoms with van der Waals surface area (Å²) in [5, 5.41) is 7.12. The Hall–Kier alpha value is -1.35. The van der Waals surface area contributed by atoms with Gasteiger partial charge < -0.3 is 14.7 Å². The number of hydrogen-bond donors (Lipinski definition) is 1. The molecule has 2 saturated heterocycles. The van der Waals surface area contributed by atoms with Crippen molar-refractivity contribution in [3.05, 3.63) is 0 Å².